The molecular formula is C16H14O2. The van der Waals surface area contributed by atoms with Crippen molar-refractivity contribution in [1.29, 1.82) is 0 Å². The van der Waals surface area contributed by atoms with Gasteiger partial charge in [-0.2, -0.15) is 0 Å². The normalized spacial score (nSPS) is 10.8. The molecule has 0 saturated carbocycles. The molecule has 0 aliphatic rings. The van der Waals surface area contributed by atoms with Crippen LogP contribution in [0.5, 0.6) is 0 Å². The van der Waals surface area contributed by atoms with Gasteiger partial charge in [0.1, 0.15) is 5.60 Å². The fourth-order valence-electron chi connectivity index (χ4n) is 1.70. The first-order valence-corrected chi connectivity index (χ1v) is 5.75. The van der Waals surface area contributed by atoms with Crippen molar-refractivity contribution < 1.29 is 9.90 Å². The molecule has 0 radical (unpaired) electrons. The standard InChI is InChI=1S/C16H14O2/c1-16(2,18)11-10-15(17)14-9-5-7-12-6-3-4-8-13(12)14/h3-9,18H,1-2H3. The second kappa shape index (κ2) is 4.64. The van der Waals surface area contributed by atoms with Gasteiger partial charge in [0.2, 0.25) is 5.78 Å². The average Bonchev–Trinajstić information content (AvgIpc) is 2.34. The van der Waals surface area contributed by atoms with Crippen molar-refractivity contribution in [2.24, 2.45) is 0 Å². The van der Waals surface area contributed by atoms with Crippen molar-refractivity contribution in [2.45, 2.75) is 19.4 Å². The molecule has 0 atom stereocenters. The molecule has 2 aromatic rings. The third kappa shape index (κ3) is 2.77. The van der Waals surface area contributed by atoms with E-state index in [1.807, 2.05) is 36.4 Å². The number of aliphatic hydroxyl groups is 1. The highest BCUT2D eigenvalue weighted by Crippen LogP contribution is 2.18. The first-order valence-electron chi connectivity index (χ1n) is 5.75. The quantitative estimate of drug-likeness (QED) is 0.471. The van der Waals surface area contributed by atoms with Crippen molar-refractivity contribution in [3.8, 4) is 11.8 Å². The maximum Gasteiger partial charge on any atom is 0.236 e. The van der Waals surface area contributed by atoms with Crippen LogP contribution in [0.4, 0.5) is 0 Å². The number of benzene rings is 2. The molecular weight excluding hydrogens is 224 g/mol. The van der Waals surface area contributed by atoms with E-state index in [4.69, 9.17) is 0 Å². The SMILES string of the molecule is CC(C)(O)C#CC(=O)c1cccc2ccccc12. The van der Waals surface area contributed by atoms with Crippen LogP contribution in [0.1, 0.15) is 24.2 Å². The maximum atomic E-state index is 12.0. The molecule has 0 heterocycles. The van der Waals surface area contributed by atoms with Crippen molar-refractivity contribution in [2.75, 3.05) is 0 Å². The lowest BCUT2D eigenvalue weighted by Crippen LogP contribution is -2.15. The summed E-state index contributed by atoms with van der Waals surface area (Å²) in [4.78, 5) is 12.0. The van der Waals surface area contributed by atoms with E-state index in [9.17, 15) is 9.90 Å². The fraction of sp³-hybridized carbons (Fsp3) is 0.188. The van der Waals surface area contributed by atoms with Crippen molar-refractivity contribution >= 4 is 16.6 Å². The number of ketones is 1. The number of carbonyl (C=O) groups is 1. The highest BCUT2D eigenvalue weighted by Gasteiger charge is 2.10. The van der Waals surface area contributed by atoms with E-state index < -0.39 is 5.60 Å². The molecule has 0 fully saturated rings. The van der Waals surface area contributed by atoms with E-state index in [1.165, 1.54) is 0 Å². The Bertz CT molecular complexity index is 647. The minimum absolute atomic E-state index is 0.270. The Morgan fingerprint density at radius 1 is 1.11 bits per heavy atom. The lowest BCUT2D eigenvalue weighted by atomic mass is 10.0. The smallest absolute Gasteiger partial charge is 0.236 e. The Labute approximate surface area is 106 Å². The molecule has 18 heavy (non-hydrogen) atoms. The van der Waals surface area contributed by atoms with Gasteiger partial charge in [-0.3, -0.25) is 4.79 Å². The zero-order chi connectivity index (χ0) is 13.2. The Kier molecular flexibility index (Phi) is 3.18. The number of rotatable bonds is 1. The summed E-state index contributed by atoms with van der Waals surface area (Å²) in [6, 6.07) is 13.2. The molecule has 0 unspecified atom stereocenters. The van der Waals surface area contributed by atoms with Gasteiger partial charge in [0.15, 0.2) is 0 Å². The first kappa shape index (κ1) is 12.3. The summed E-state index contributed by atoms with van der Waals surface area (Å²) in [7, 11) is 0. The molecule has 0 aliphatic carbocycles. The molecule has 0 bridgehead atoms. The van der Waals surface area contributed by atoms with Crippen molar-refractivity contribution in [3.05, 3.63) is 48.0 Å². The number of carbonyl (C=O) groups excluding carboxylic acids is 1. The summed E-state index contributed by atoms with van der Waals surface area (Å²) < 4.78 is 0. The minimum atomic E-state index is -1.15. The zero-order valence-electron chi connectivity index (χ0n) is 10.4. The van der Waals surface area contributed by atoms with Gasteiger partial charge in [0.25, 0.3) is 0 Å². The summed E-state index contributed by atoms with van der Waals surface area (Å²) in [5.74, 6) is 4.76. The molecule has 0 spiro atoms. The first-order chi connectivity index (χ1) is 8.47. The largest absolute Gasteiger partial charge is 0.378 e. The van der Waals surface area contributed by atoms with Gasteiger partial charge in [-0.25, -0.2) is 0 Å². The predicted octanol–water partition coefficient (Wildman–Crippen LogP) is 2.80. The van der Waals surface area contributed by atoms with E-state index in [-0.39, 0.29) is 5.78 Å². The molecule has 2 rings (SSSR count). The van der Waals surface area contributed by atoms with Crippen LogP contribution >= 0.6 is 0 Å². The molecule has 0 aromatic heterocycles. The molecule has 2 nitrogen and oxygen atoms in total. The highest BCUT2D eigenvalue weighted by molar-refractivity contribution is 6.16. The van der Waals surface area contributed by atoms with Crippen LogP contribution in [-0.2, 0) is 0 Å². The Morgan fingerprint density at radius 2 is 1.78 bits per heavy atom. The number of hydrogen-bond acceptors (Lipinski definition) is 2. The lowest BCUT2D eigenvalue weighted by Gasteiger charge is -2.06. The van der Waals surface area contributed by atoms with Crippen LogP contribution in [0, 0.1) is 11.8 Å². The molecule has 0 amide bonds. The summed E-state index contributed by atoms with van der Waals surface area (Å²) in [5.41, 5.74) is -0.579. The molecule has 1 N–H and O–H groups in total. The van der Waals surface area contributed by atoms with Crippen LogP contribution in [0.15, 0.2) is 42.5 Å². The number of fused-ring (bicyclic) bond motifs is 1. The maximum absolute atomic E-state index is 12.0. The van der Waals surface area contributed by atoms with Gasteiger partial charge in [-0.15, -0.1) is 0 Å². The summed E-state index contributed by atoms with van der Waals surface area (Å²) >= 11 is 0. The predicted molar refractivity (Wildman–Crippen MR) is 72.4 cm³/mol. The van der Waals surface area contributed by atoms with Gasteiger partial charge < -0.3 is 5.11 Å². The number of Topliss-reactive ketones (excluding diaryl/α,β-unsaturated/α-hetero) is 1. The Balaban J connectivity index is 2.48. The third-order valence-electron chi connectivity index (χ3n) is 2.52. The lowest BCUT2D eigenvalue weighted by molar-refractivity contribution is 0.105. The molecule has 2 aromatic carbocycles. The molecule has 0 aliphatic heterocycles. The van der Waals surface area contributed by atoms with Crippen LogP contribution in [-0.4, -0.2) is 16.5 Å². The van der Waals surface area contributed by atoms with Crippen LogP contribution < -0.4 is 0 Å². The van der Waals surface area contributed by atoms with Gasteiger partial charge in [-0.05, 0) is 36.6 Å². The second-order valence-electron chi connectivity index (χ2n) is 4.66. The monoisotopic (exact) mass is 238 g/mol. The zero-order valence-corrected chi connectivity index (χ0v) is 10.4. The third-order valence-corrected chi connectivity index (χ3v) is 2.52. The van der Waals surface area contributed by atoms with Gasteiger partial charge in [0, 0.05) is 5.56 Å². The fourth-order valence-corrected chi connectivity index (χ4v) is 1.70. The summed E-state index contributed by atoms with van der Waals surface area (Å²) in [5, 5.41) is 11.4. The summed E-state index contributed by atoms with van der Waals surface area (Å²) in [6.45, 7) is 3.10. The Hall–Kier alpha value is -2.11. The molecule has 0 saturated heterocycles. The topological polar surface area (TPSA) is 37.3 Å². The van der Waals surface area contributed by atoms with Crippen LogP contribution in [0.3, 0.4) is 0 Å². The van der Waals surface area contributed by atoms with E-state index >= 15 is 0 Å². The minimum Gasteiger partial charge on any atom is -0.378 e. The van der Waals surface area contributed by atoms with Crippen molar-refractivity contribution in [1.82, 2.24) is 0 Å². The van der Waals surface area contributed by atoms with E-state index in [0.29, 0.717) is 5.56 Å². The second-order valence-corrected chi connectivity index (χ2v) is 4.66. The van der Waals surface area contributed by atoms with Crippen LogP contribution in [0.25, 0.3) is 10.8 Å². The van der Waals surface area contributed by atoms with E-state index in [0.717, 1.165) is 10.8 Å². The Morgan fingerprint density at radius 3 is 2.50 bits per heavy atom. The number of hydrogen-bond donors (Lipinski definition) is 1. The summed E-state index contributed by atoms with van der Waals surface area (Å²) in [6.07, 6.45) is 0. The van der Waals surface area contributed by atoms with Crippen LogP contribution in [0.2, 0.25) is 0 Å². The van der Waals surface area contributed by atoms with E-state index in [2.05, 4.69) is 11.8 Å². The van der Waals surface area contributed by atoms with Gasteiger partial charge >= 0.3 is 0 Å². The average molecular weight is 238 g/mol. The molecule has 2 heteroatoms. The highest BCUT2D eigenvalue weighted by atomic mass is 16.3. The van der Waals surface area contributed by atoms with Gasteiger partial charge in [-0.1, -0.05) is 42.3 Å². The van der Waals surface area contributed by atoms with Crippen molar-refractivity contribution in [3.63, 3.8) is 0 Å². The van der Waals surface area contributed by atoms with Gasteiger partial charge in [0.05, 0.1) is 0 Å². The van der Waals surface area contributed by atoms with E-state index in [1.54, 1.807) is 19.9 Å². The molecule has 90 valence electrons.